The topological polar surface area (TPSA) is 23.5 Å². The monoisotopic (exact) mass is 249 g/mol. The second kappa shape index (κ2) is 6.10. The first kappa shape index (κ1) is 14.8. The predicted molar refractivity (Wildman–Crippen MR) is 65.3 cm³/mol. The normalized spacial score (nSPS) is 26.6. The summed E-state index contributed by atoms with van der Waals surface area (Å²) in [5, 5.41) is 9.67. The summed E-state index contributed by atoms with van der Waals surface area (Å²) in [6, 6.07) is -0.189. The molecule has 1 saturated heterocycles. The minimum absolute atomic E-state index is 0.187. The molecule has 1 aliphatic rings. The van der Waals surface area contributed by atoms with E-state index >= 15 is 0 Å². The number of halogens is 2. The molecule has 0 aliphatic carbocycles. The van der Waals surface area contributed by atoms with Gasteiger partial charge in [0, 0.05) is 18.5 Å². The Morgan fingerprint density at radius 1 is 1.29 bits per heavy atom. The molecule has 4 heteroatoms. The van der Waals surface area contributed by atoms with E-state index in [2.05, 4.69) is 13.8 Å². The highest BCUT2D eigenvalue weighted by molar-refractivity contribution is 4.95. The molecule has 1 fully saturated rings. The van der Waals surface area contributed by atoms with Crippen LogP contribution < -0.4 is 0 Å². The first-order valence-electron chi connectivity index (χ1n) is 6.73. The van der Waals surface area contributed by atoms with E-state index in [1.807, 2.05) is 4.90 Å². The molecule has 17 heavy (non-hydrogen) atoms. The average Bonchev–Trinajstić information content (AvgIpc) is 2.54. The highest BCUT2D eigenvalue weighted by Gasteiger charge is 2.48. The Morgan fingerprint density at radius 2 is 1.82 bits per heavy atom. The van der Waals surface area contributed by atoms with Gasteiger partial charge < -0.3 is 5.11 Å². The highest BCUT2D eigenvalue weighted by atomic mass is 19.3. The SMILES string of the molecule is CCCC(CCC)N1CC(F)(F)C[C@@H]1C(C)O. The smallest absolute Gasteiger partial charge is 0.262 e. The third-order valence-electron chi connectivity index (χ3n) is 3.62. The van der Waals surface area contributed by atoms with Crippen molar-refractivity contribution < 1.29 is 13.9 Å². The van der Waals surface area contributed by atoms with Gasteiger partial charge in [-0.3, -0.25) is 4.90 Å². The summed E-state index contributed by atoms with van der Waals surface area (Å²) >= 11 is 0. The predicted octanol–water partition coefficient (Wildman–Crippen LogP) is 3.05. The summed E-state index contributed by atoms with van der Waals surface area (Å²) < 4.78 is 27.0. The van der Waals surface area contributed by atoms with Crippen LogP contribution in [0.4, 0.5) is 8.78 Å². The van der Waals surface area contributed by atoms with Crippen molar-refractivity contribution in [3.05, 3.63) is 0 Å². The van der Waals surface area contributed by atoms with Gasteiger partial charge in [0.05, 0.1) is 12.6 Å². The van der Waals surface area contributed by atoms with E-state index < -0.39 is 12.0 Å². The number of hydrogen-bond acceptors (Lipinski definition) is 2. The summed E-state index contributed by atoms with van der Waals surface area (Å²) in [6.45, 7) is 5.59. The Hall–Kier alpha value is -0.220. The minimum Gasteiger partial charge on any atom is -0.392 e. The van der Waals surface area contributed by atoms with E-state index in [1.54, 1.807) is 6.92 Å². The van der Waals surface area contributed by atoms with Gasteiger partial charge >= 0.3 is 0 Å². The van der Waals surface area contributed by atoms with Crippen molar-refractivity contribution in [3.63, 3.8) is 0 Å². The number of rotatable bonds is 6. The van der Waals surface area contributed by atoms with Gasteiger partial charge in [0.25, 0.3) is 5.92 Å². The molecular formula is C13H25F2NO. The zero-order chi connectivity index (χ0) is 13.1. The Labute approximate surface area is 103 Å². The maximum atomic E-state index is 13.5. The van der Waals surface area contributed by atoms with Crippen LogP contribution in [-0.4, -0.2) is 40.7 Å². The lowest BCUT2D eigenvalue weighted by atomic mass is 10.0. The van der Waals surface area contributed by atoms with E-state index in [0.29, 0.717) is 0 Å². The number of nitrogens with zero attached hydrogens (tertiary/aromatic N) is 1. The Kier molecular flexibility index (Phi) is 5.32. The molecule has 1 aliphatic heterocycles. The van der Waals surface area contributed by atoms with Gasteiger partial charge in [-0.05, 0) is 19.8 Å². The van der Waals surface area contributed by atoms with E-state index in [-0.39, 0.29) is 25.0 Å². The first-order chi connectivity index (χ1) is 7.91. The average molecular weight is 249 g/mol. The van der Waals surface area contributed by atoms with E-state index in [4.69, 9.17) is 0 Å². The standard InChI is InChI=1S/C13H25F2NO/c1-4-6-11(7-5-2)16-9-13(14,15)8-12(16)10(3)17/h10-12,17H,4-9H2,1-3H3/t10?,12-/m1/s1. The lowest BCUT2D eigenvalue weighted by Crippen LogP contribution is -2.44. The van der Waals surface area contributed by atoms with E-state index in [9.17, 15) is 13.9 Å². The van der Waals surface area contributed by atoms with Gasteiger partial charge in [0.1, 0.15) is 0 Å². The molecule has 0 aromatic carbocycles. The van der Waals surface area contributed by atoms with Crippen molar-refractivity contribution >= 4 is 0 Å². The molecule has 2 atom stereocenters. The van der Waals surface area contributed by atoms with Crippen molar-refractivity contribution in [2.45, 2.75) is 77.0 Å². The van der Waals surface area contributed by atoms with Crippen molar-refractivity contribution in [2.24, 2.45) is 0 Å². The van der Waals surface area contributed by atoms with Crippen molar-refractivity contribution in [1.29, 1.82) is 0 Å². The molecular weight excluding hydrogens is 224 g/mol. The summed E-state index contributed by atoms with van der Waals surface area (Å²) in [5.41, 5.74) is 0. The quantitative estimate of drug-likeness (QED) is 0.782. The van der Waals surface area contributed by atoms with Gasteiger partial charge in [-0.2, -0.15) is 0 Å². The molecule has 102 valence electrons. The van der Waals surface area contributed by atoms with Gasteiger partial charge in [-0.15, -0.1) is 0 Å². The van der Waals surface area contributed by atoms with Crippen LogP contribution in [-0.2, 0) is 0 Å². The van der Waals surface area contributed by atoms with Crippen LogP contribution in [0.25, 0.3) is 0 Å². The van der Waals surface area contributed by atoms with Crippen LogP contribution in [0, 0.1) is 0 Å². The molecule has 0 radical (unpaired) electrons. The first-order valence-corrected chi connectivity index (χ1v) is 6.73. The Bertz CT molecular complexity index is 227. The van der Waals surface area contributed by atoms with Gasteiger partial charge in [-0.25, -0.2) is 8.78 Å². The number of aliphatic hydroxyl groups excluding tert-OH is 1. The van der Waals surface area contributed by atoms with Crippen molar-refractivity contribution in [1.82, 2.24) is 4.90 Å². The van der Waals surface area contributed by atoms with E-state index in [1.165, 1.54) is 0 Å². The number of aliphatic hydroxyl groups is 1. The molecule has 1 heterocycles. The van der Waals surface area contributed by atoms with Gasteiger partial charge in [0.2, 0.25) is 0 Å². The molecule has 0 aromatic rings. The zero-order valence-electron chi connectivity index (χ0n) is 11.1. The van der Waals surface area contributed by atoms with Gasteiger partial charge in [0.15, 0.2) is 0 Å². The Balaban J connectivity index is 2.76. The molecule has 0 amide bonds. The molecule has 0 aromatic heterocycles. The summed E-state index contributed by atoms with van der Waals surface area (Å²) in [5.74, 6) is -2.64. The fraction of sp³-hybridized carbons (Fsp3) is 1.00. The lowest BCUT2D eigenvalue weighted by molar-refractivity contribution is 0.00654. The molecule has 0 bridgehead atoms. The second-order valence-electron chi connectivity index (χ2n) is 5.27. The van der Waals surface area contributed by atoms with Crippen LogP contribution in [0.3, 0.4) is 0 Å². The molecule has 1 unspecified atom stereocenters. The minimum atomic E-state index is -2.64. The fourth-order valence-electron chi connectivity index (χ4n) is 2.86. The van der Waals surface area contributed by atoms with Crippen molar-refractivity contribution in [3.8, 4) is 0 Å². The van der Waals surface area contributed by atoms with E-state index in [0.717, 1.165) is 25.7 Å². The maximum absolute atomic E-state index is 13.5. The van der Waals surface area contributed by atoms with Crippen LogP contribution in [0.15, 0.2) is 0 Å². The summed E-state index contributed by atoms with van der Waals surface area (Å²) in [7, 11) is 0. The zero-order valence-corrected chi connectivity index (χ0v) is 11.1. The van der Waals surface area contributed by atoms with Crippen LogP contribution in [0.2, 0.25) is 0 Å². The number of alkyl halides is 2. The van der Waals surface area contributed by atoms with Crippen LogP contribution in [0.5, 0.6) is 0 Å². The van der Waals surface area contributed by atoms with Crippen LogP contribution in [0.1, 0.15) is 52.9 Å². The summed E-state index contributed by atoms with van der Waals surface area (Å²) in [4.78, 5) is 1.84. The van der Waals surface area contributed by atoms with Crippen LogP contribution >= 0.6 is 0 Å². The third-order valence-corrected chi connectivity index (χ3v) is 3.62. The third kappa shape index (κ3) is 3.88. The number of likely N-dealkylation sites (tertiary alicyclic amines) is 1. The van der Waals surface area contributed by atoms with Gasteiger partial charge in [-0.1, -0.05) is 26.7 Å². The maximum Gasteiger partial charge on any atom is 0.262 e. The largest absolute Gasteiger partial charge is 0.392 e. The molecule has 1 rings (SSSR count). The lowest BCUT2D eigenvalue weighted by Gasteiger charge is -2.33. The molecule has 2 nitrogen and oxygen atoms in total. The molecule has 0 saturated carbocycles. The highest BCUT2D eigenvalue weighted by Crippen LogP contribution is 2.36. The molecule has 0 spiro atoms. The van der Waals surface area contributed by atoms with Crippen molar-refractivity contribution in [2.75, 3.05) is 6.54 Å². The molecule has 1 N–H and O–H groups in total. The fourth-order valence-corrected chi connectivity index (χ4v) is 2.86. The Morgan fingerprint density at radius 3 is 2.24 bits per heavy atom. The second-order valence-corrected chi connectivity index (χ2v) is 5.27. The summed E-state index contributed by atoms with van der Waals surface area (Å²) in [6.07, 6.45) is 2.99. The number of hydrogen-bond donors (Lipinski definition) is 1.